The van der Waals surface area contributed by atoms with Gasteiger partial charge in [0.15, 0.2) is 0 Å². The number of rotatable bonds is 8. The standard InChI is InChI=1S/C19H27ClN2OS/c20-16-5-7-18(8-6-16)24-13-1-2-19(23)22-11-9-17(10-12-22)21-14-15-3-4-15/h5-8,15,17,21H,1-4,9-14H2. The smallest absolute Gasteiger partial charge is 0.222 e. The van der Waals surface area contributed by atoms with Gasteiger partial charge in [-0.1, -0.05) is 11.6 Å². The van der Waals surface area contributed by atoms with E-state index in [4.69, 9.17) is 11.6 Å². The van der Waals surface area contributed by atoms with Gasteiger partial charge in [-0.2, -0.15) is 0 Å². The number of hydrogen-bond donors (Lipinski definition) is 1. The Hall–Kier alpha value is -0.710. The molecule has 24 heavy (non-hydrogen) atoms. The van der Waals surface area contributed by atoms with Crippen LogP contribution in [0.4, 0.5) is 0 Å². The van der Waals surface area contributed by atoms with Crippen LogP contribution in [0.15, 0.2) is 29.2 Å². The highest BCUT2D eigenvalue weighted by molar-refractivity contribution is 7.99. The number of piperidine rings is 1. The summed E-state index contributed by atoms with van der Waals surface area (Å²) in [7, 11) is 0. The molecule has 1 amide bonds. The fourth-order valence-electron chi connectivity index (χ4n) is 3.09. The first kappa shape index (κ1) is 18.1. The maximum Gasteiger partial charge on any atom is 0.222 e. The minimum Gasteiger partial charge on any atom is -0.343 e. The van der Waals surface area contributed by atoms with Gasteiger partial charge >= 0.3 is 0 Å². The Kier molecular flexibility index (Phi) is 6.87. The van der Waals surface area contributed by atoms with Crippen LogP contribution >= 0.6 is 23.4 Å². The van der Waals surface area contributed by atoms with Gasteiger partial charge in [-0.3, -0.25) is 4.79 Å². The predicted molar refractivity (Wildman–Crippen MR) is 102 cm³/mol. The molecule has 1 saturated heterocycles. The van der Waals surface area contributed by atoms with Crippen molar-refractivity contribution in [3.63, 3.8) is 0 Å². The van der Waals surface area contributed by atoms with E-state index in [2.05, 4.69) is 10.2 Å². The van der Waals surface area contributed by atoms with Crippen LogP contribution in [0, 0.1) is 5.92 Å². The third-order valence-corrected chi connectivity index (χ3v) is 6.21. The number of likely N-dealkylation sites (tertiary alicyclic amines) is 1. The van der Waals surface area contributed by atoms with E-state index in [1.807, 2.05) is 24.3 Å². The van der Waals surface area contributed by atoms with Gasteiger partial charge < -0.3 is 10.2 Å². The van der Waals surface area contributed by atoms with Crippen LogP contribution in [0.1, 0.15) is 38.5 Å². The first-order chi connectivity index (χ1) is 11.7. The van der Waals surface area contributed by atoms with Crippen LogP contribution < -0.4 is 5.32 Å². The number of nitrogens with one attached hydrogen (secondary N) is 1. The molecule has 1 saturated carbocycles. The van der Waals surface area contributed by atoms with Crippen LogP contribution in [0.5, 0.6) is 0 Å². The average Bonchev–Trinajstić information content (AvgIpc) is 3.43. The van der Waals surface area contributed by atoms with Gasteiger partial charge in [0.2, 0.25) is 5.91 Å². The van der Waals surface area contributed by atoms with Gasteiger partial charge in [-0.05, 0) is 74.6 Å². The number of amides is 1. The number of nitrogens with zero attached hydrogens (tertiary/aromatic N) is 1. The Balaban J connectivity index is 1.27. The van der Waals surface area contributed by atoms with Crippen molar-refractivity contribution in [2.75, 3.05) is 25.4 Å². The molecule has 0 unspecified atom stereocenters. The Bertz CT molecular complexity index is 525. The number of halogens is 1. The first-order valence-electron chi connectivity index (χ1n) is 9.10. The molecule has 3 rings (SSSR count). The molecule has 0 atom stereocenters. The highest BCUT2D eigenvalue weighted by Crippen LogP contribution is 2.28. The Morgan fingerprint density at radius 1 is 1.17 bits per heavy atom. The zero-order chi connectivity index (χ0) is 16.8. The van der Waals surface area contributed by atoms with Crippen LogP contribution in [-0.4, -0.2) is 42.2 Å². The van der Waals surface area contributed by atoms with Gasteiger partial charge in [0, 0.05) is 35.5 Å². The van der Waals surface area contributed by atoms with Crippen molar-refractivity contribution in [1.82, 2.24) is 10.2 Å². The maximum absolute atomic E-state index is 12.3. The summed E-state index contributed by atoms with van der Waals surface area (Å²) in [6, 6.07) is 8.52. The summed E-state index contributed by atoms with van der Waals surface area (Å²) < 4.78 is 0. The molecule has 1 aromatic rings. The molecule has 1 aliphatic carbocycles. The normalized spacial score (nSPS) is 18.8. The molecule has 132 valence electrons. The van der Waals surface area contributed by atoms with E-state index >= 15 is 0 Å². The number of thioether (sulfide) groups is 1. The maximum atomic E-state index is 12.3. The van der Waals surface area contributed by atoms with E-state index < -0.39 is 0 Å². The van der Waals surface area contributed by atoms with Crippen LogP contribution in [0.2, 0.25) is 5.02 Å². The second kappa shape index (κ2) is 9.12. The van der Waals surface area contributed by atoms with Gasteiger partial charge in [0.1, 0.15) is 0 Å². The highest BCUT2D eigenvalue weighted by atomic mass is 35.5. The van der Waals surface area contributed by atoms with E-state index in [1.165, 1.54) is 24.3 Å². The number of benzene rings is 1. The Morgan fingerprint density at radius 2 is 1.88 bits per heavy atom. The summed E-state index contributed by atoms with van der Waals surface area (Å²) in [5.74, 6) is 2.24. The number of carbonyl (C=O) groups is 1. The highest BCUT2D eigenvalue weighted by Gasteiger charge is 2.25. The zero-order valence-electron chi connectivity index (χ0n) is 14.2. The minimum atomic E-state index is 0.326. The summed E-state index contributed by atoms with van der Waals surface area (Å²) >= 11 is 7.68. The van der Waals surface area contributed by atoms with Gasteiger partial charge in [0.25, 0.3) is 0 Å². The Labute approximate surface area is 154 Å². The van der Waals surface area contributed by atoms with E-state index in [0.29, 0.717) is 18.4 Å². The zero-order valence-corrected chi connectivity index (χ0v) is 15.7. The SMILES string of the molecule is O=C(CCCSc1ccc(Cl)cc1)N1CCC(NCC2CC2)CC1. The molecule has 1 heterocycles. The molecule has 3 nitrogen and oxygen atoms in total. The lowest BCUT2D eigenvalue weighted by molar-refractivity contribution is -0.132. The quantitative estimate of drug-likeness (QED) is 0.552. The molecule has 1 aromatic carbocycles. The lowest BCUT2D eigenvalue weighted by atomic mass is 10.0. The lowest BCUT2D eigenvalue weighted by Crippen LogP contribution is -2.45. The fourth-order valence-corrected chi connectivity index (χ4v) is 4.07. The summed E-state index contributed by atoms with van der Waals surface area (Å²) in [6.07, 6.45) is 6.62. The minimum absolute atomic E-state index is 0.326. The second-order valence-electron chi connectivity index (χ2n) is 6.91. The summed E-state index contributed by atoms with van der Waals surface area (Å²) in [6.45, 7) is 3.03. The molecule has 0 radical (unpaired) electrons. The van der Waals surface area contributed by atoms with Gasteiger partial charge in [0.05, 0.1) is 0 Å². The third-order valence-electron chi connectivity index (χ3n) is 4.86. The molecule has 1 N–H and O–H groups in total. The number of hydrogen-bond acceptors (Lipinski definition) is 3. The summed E-state index contributed by atoms with van der Waals surface area (Å²) in [5.41, 5.74) is 0. The second-order valence-corrected chi connectivity index (χ2v) is 8.52. The molecule has 2 fully saturated rings. The van der Waals surface area contributed by atoms with E-state index in [-0.39, 0.29) is 0 Å². The van der Waals surface area contributed by atoms with E-state index in [1.54, 1.807) is 11.8 Å². The predicted octanol–water partition coefficient (Wildman–Crippen LogP) is 4.20. The van der Waals surface area contributed by atoms with Crippen molar-refractivity contribution in [3.05, 3.63) is 29.3 Å². The molecule has 5 heteroatoms. The molecular formula is C19H27ClN2OS. The van der Waals surface area contributed by atoms with Crippen LogP contribution in [0.25, 0.3) is 0 Å². The van der Waals surface area contributed by atoms with Crippen molar-refractivity contribution < 1.29 is 4.79 Å². The van der Waals surface area contributed by atoms with Crippen LogP contribution in [-0.2, 0) is 4.79 Å². The molecule has 1 aliphatic heterocycles. The van der Waals surface area contributed by atoms with Crippen molar-refractivity contribution in [3.8, 4) is 0 Å². The fraction of sp³-hybridized carbons (Fsp3) is 0.632. The molecule has 0 bridgehead atoms. The number of carbonyl (C=O) groups excluding carboxylic acids is 1. The molecule has 2 aliphatic rings. The Morgan fingerprint density at radius 3 is 2.54 bits per heavy atom. The monoisotopic (exact) mass is 366 g/mol. The van der Waals surface area contributed by atoms with Crippen molar-refractivity contribution in [2.45, 2.75) is 49.5 Å². The van der Waals surface area contributed by atoms with Gasteiger partial charge in [-0.25, -0.2) is 0 Å². The van der Waals surface area contributed by atoms with Crippen molar-refractivity contribution >= 4 is 29.3 Å². The topological polar surface area (TPSA) is 32.3 Å². The van der Waals surface area contributed by atoms with Gasteiger partial charge in [-0.15, -0.1) is 11.8 Å². The van der Waals surface area contributed by atoms with Crippen LogP contribution in [0.3, 0.4) is 0 Å². The lowest BCUT2D eigenvalue weighted by Gasteiger charge is -2.32. The first-order valence-corrected chi connectivity index (χ1v) is 10.5. The van der Waals surface area contributed by atoms with E-state index in [0.717, 1.165) is 49.0 Å². The molecule has 0 aromatic heterocycles. The molecule has 0 spiro atoms. The molecular weight excluding hydrogens is 340 g/mol. The van der Waals surface area contributed by atoms with E-state index in [9.17, 15) is 4.79 Å². The summed E-state index contributed by atoms with van der Waals surface area (Å²) in [4.78, 5) is 15.6. The average molecular weight is 367 g/mol. The third kappa shape index (κ3) is 5.98. The van der Waals surface area contributed by atoms with Crippen molar-refractivity contribution in [1.29, 1.82) is 0 Å². The summed E-state index contributed by atoms with van der Waals surface area (Å²) in [5, 5.41) is 4.43. The largest absolute Gasteiger partial charge is 0.343 e. The van der Waals surface area contributed by atoms with Crippen molar-refractivity contribution in [2.24, 2.45) is 5.92 Å².